The molecule has 1 N–H and O–H groups in total. The van der Waals surface area contributed by atoms with Crippen LogP contribution in [0, 0.1) is 0 Å². The van der Waals surface area contributed by atoms with Gasteiger partial charge in [-0.25, -0.2) is 9.48 Å². The summed E-state index contributed by atoms with van der Waals surface area (Å²) in [4.78, 5) is 17.7. The van der Waals surface area contributed by atoms with Gasteiger partial charge in [-0.05, 0) is 32.3 Å². The Morgan fingerprint density at radius 2 is 1.97 bits per heavy atom. The molecule has 3 rings (SSSR count). The van der Waals surface area contributed by atoms with Gasteiger partial charge >= 0.3 is 5.97 Å². The van der Waals surface area contributed by atoms with E-state index >= 15 is 0 Å². The Balaban J connectivity index is 2.06. The Morgan fingerprint density at radius 3 is 2.71 bits per heavy atom. The first kappa shape index (κ1) is 23.2. The van der Waals surface area contributed by atoms with Gasteiger partial charge in [0.25, 0.3) is 0 Å². The number of esters is 1. The van der Waals surface area contributed by atoms with Gasteiger partial charge in [0.1, 0.15) is 11.8 Å². The molecule has 0 spiro atoms. The average molecular weight is 445 g/mol. The molecule has 1 aliphatic heterocycles. The Morgan fingerprint density at radius 1 is 1.16 bits per heavy atom. The van der Waals surface area contributed by atoms with Crippen LogP contribution in [0.5, 0.6) is 5.75 Å². The van der Waals surface area contributed by atoms with E-state index in [-0.39, 0.29) is 5.97 Å². The molecule has 0 bridgehead atoms. The summed E-state index contributed by atoms with van der Waals surface area (Å²) in [5.74, 6) is 1.96. The van der Waals surface area contributed by atoms with Crippen molar-refractivity contribution in [2.45, 2.75) is 64.6 Å². The zero-order valence-electron chi connectivity index (χ0n) is 18.8. The van der Waals surface area contributed by atoms with Crippen LogP contribution in [0.4, 0.5) is 5.95 Å². The second-order valence-electron chi connectivity index (χ2n) is 7.45. The number of unbranched alkanes of at least 4 members (excludes halogenated alkanes) is 1. The molecule has 0 saturated carbocycles. The maximum absolute atomic E-state index is 13.1. The Hall–Kier alpha value is -2.48. The lowest BCUT2D eigenvalue weighted by molar-refractivity contribution is -0.139. The first-order valence-electron chi connectivity index (χ1n) is 11.1. The van der Waals surface area contributed by atoms with Crippen LogP contribution in [0.15, 0.2) is 40.7 Å². The van der Waals surface area contributed by atoms with Crippen LogP contribution in [0.25, 0.3) is 0 Å². The molecule has 1 aromatic carbocycles. The standard InChI is InChI=1S/C23H32N4O3S/c1-5-8-14-29-18-12-10-9-11-17(18)20-19(21(28)30-13-6-2)16(4)24-22-25-23(26-27(20)22)31-15-7-3/h9-12,20H,5-8,13-15H2,1-4H3,(H,24,25,26). The molecule has 1 aliphatic rings. The molecule has 1 unspecified atom stereocenters. The van der Waals surface area contributed by atoms with Crippen molar-refractivity contribution in [3.05, 3.63) is 41.1 Å². The average Bonchev–Trinajstić information content (AvgIpc) is 3.18. The molecule has 7 nitrogen and oxygen atoms in total. The SMILES string of the molecule is CCCCOc1ccccc1C1C(C(=O)OCCC)=C(C)Nc2nc(SCCC)nn21. The highest BCUT2D eigenvalue weighted by Gasteiger charge is 2.36. The molecule has 31 heavy (non-hydrogen) atoms. The number of carbonyl (C=O) groups excluding carboxylic acids is 1. The van der Waals surface area contributed by atoms with E-state index in [2.05, 4.69) is 24.1 Å². The Bertz CT molecular complexity index is 925. The summed E-state index contributed by atoms with van der Waals surface area (Å²) in [6.07, 6.45) is 3.81. The van der Waals surface area contributed by atoms with Gasteiger partial charge in [-0.15, -0.1) is 5.10 Å². The first-order valence-corrected chi connectivity index (χ1v) is 12.0. The van der Waals surface area contributed by atoms with Crippen LogP contribution >= 0.6 is 11.8 Å². The quantitative estimate of drug-likeness (QED) is 0.290. The second-order valence-corrected chi connectivity index (χ2v) is 8.52. The number of hydrogen-bond acceptors (Lipinski definition) is 7. The number of fused-ring (bicyclic) bond motifs is 1. The van der Waals surface area contributed by atoms with Crippen molar-refractivity contribution in [1.82, 2.24) is 14.8 Å². The number of rotatable bonds is 11. The van der Waals surface area contributed by atoms with E-state index in [0.29, 0.717) is 29.9 Å². The molecule has 2 aromatic rings. The minimum absolute atomic E-state index is 0.343. The van der Waals surface area contributed by atoms with E-state index in [0.717, 1.165) is 48.4 Å². The largest absolute Gasteiger partial charge is 0.493 e. The molecular formula is C23H32N4O3S. The molecule has 0 saturated heterocycles. The summed E-state index contributed by atoms with van der Waals surface area (Å²) >= 11 is 1.61. The van der Waals surface area contributed by atoms with E-state index in [1.165, 1.54) is 0 Å². The van der Waals surface area contributed by atoms with Gasteiger partial charge in [-0.2, -0.15) is 4.98 Å². The number of nitrogens with one attached hydrogen (secondary N) is 1. The number of thioether (sulfide) groups is 1. The molecule has 0 radical (unpaired) electrons. The molecule has 0 fully saturated rings. The third-order valence-electron chi connectivity index (χ3n) is 4.89. The van der Waals surface area contributed by atoms with Crippen LogP contribution < -0.4 is 10.1 Å². The van der Waals surface area contributed by atoms with Crippen LogP contribution in [0.2, 0.25) is 0 Å². The number of benzene rings is 1. The van der Waals surface area contributed by atoms with Crippen molar-refractivity contribution in [1.29, 1.82) is 0 Å². The number of aromatic nitrogens is 3. The van der Waals surface area contributed by atoms with E-state index in [1.807, 2.05) is 38.1 Å². The fourth-order valence-electron chi connectivity index (χ4n) is 3.37. The number of ether oxygens (including phenoxy) is 2. The summed E-state index contributed by atoms with van der Waals surface area (Å²) in [5.41, 5.74) is 2.13. The second kappa shape index (κ2) is 11.2. The monoisotopic (exact) mass is 444 g/mol. The van der Waals surface area contributed by atoms with E-state index in [9.17, 15) is 4.79 Å². The number of para-hydroxylation sites is 1. The fourth-order valence-corrected chi connectivity index (χ4v) is 4.06. The van der Waals surface area contributed by atoms with Gasteiger partial charge in [-0.3, -0.25) is 0 Å². The third kappa shape index (κ3) is 5.42. The van der Waals surface area contributed by atoms with Crippen LogP contribution in [-0.4, -0.2) is 39.7 Å². The number of anilines is 1. The fraction of sp³-hybridized carbons (Fsp3) is 0.522. The minimum atomic E-state index is -0.470. The maximum atomic E-state index is 13.1. The van der Waals surface area contributed by atoms with Crippen molar-refractivity contribution in [3.63, 3.8) is 0 Å². The van der Waals surface area contributed by atoms with E-state index in [1.54, 1.807) is 16.4 Å². The smallest absolute Gasteiger partial charge is 0.338 e. The summed E-state index contributed by atoms with van der Waals surface area (Å²) in [5, 5.41) is 8.68. The number of allylic oxidation sites excluding steroid dienone is 1. The number of carbonyl (C=O) groups is 1. The molecule has 2 heterocycles. The Labute approximate surface area is 188 Å². The van der Waals surface area contributed by atoms with Crippen molar-refractivity contribution in [2.24, 2.45) is 0 Å². The van der Waals surface area contributed by atoms with Crippen molar-refractivity contribution in [2.75, 3.05) is 24.3 Å². The predicted molar refractivity (Wildman–Crippen MR) is 124 cm³/mol. The van der Waals surface area contributed by atoms with Gasteiger partial charge in [0.05, 0.1) is 18.8 Å². The van der Waals surface area contributed by atoms with Gasteiger partial charge < -0.3 is 14.8 Å². The normalized spacial score (nSPS) is 15.4. The highest BCUT2D eigenvalue weighted by atomic mass is 32.2. The summed E-state index contributed by atoms with van der Waals surface area (Å²) < 4.78 is 13.4. The molecule has 1 aromatic heterocycles. The summed E-state index contributed by atoms with van der Waals surface area (Å²) in [6, 6.07) is 7.37. The van der Waals surface area contributed by atoms with Crippen LogP contribution in [0.1, 0.15) is 65.0 Å². The molecule has 8 heteroatoms. The lowest BCUT2D eigenvalue weighted by atomic mass is 9.95. The molecule has 0 aliphatic carbocycles. The van der Waals surface area contributed by atoms with Crippen molar-refractivity contribution in [3.8, 4) is 5.75 Å². The van der Waals surface area contributed by atoms with Gasteiger partial charge in [0, 0.05) is 17.0 Å². The zero-order valence-corrected chi connectivity index (χ0v) is 19.6. The van der Waals surface area contributed by atoms with Crippen LogP contribution in [-0.2, 0) is 9.53 Å². The molecular weight excluding hydrogens is 412 g/mol. The third-order valence-corrected chi connectivity index (χ3v) is 5.94. The number of hydrogen-bond donors (Lipinski definition) is 1. The maximum Gasteiger partial charge on any atom is 0.338 e. The zero-order chi connectivity index (χ0) is 22.2. The minimum Gasteiger partial charge on any atom is -0.493 e. The van der Waals surface area contributed by atoms with Gasteiger partial charge in [0.15, 0.2) is 0 Å². The predicted octanol–water partition coefficient (Wildman–Crippen LogP) is 5.20. The van der Waals surface area contributed by atoms with Crippen LogP contribution in [0.3, 0.4) is 0 Å². The molecule has 0 amide bonds. The lowest BCUT2D eigenvalue weighted by Gasteiger charge is -2.29. The molecule has 1 atom stereocenters. The highest BCUT2D eigenvalue weighted by Crippen LogP contribution is 2.40. The van der Waals surface area contributed by atoms with Gasteiger partial charge in [-0.1, -0.05) is 57.2 Å². The number of nitrogens with zero attached hydrogens (tertiary/aromatic N) is 3. The van der Waals surface area contributed by atoms with E-state index in [4.69, 9.17) is 14.6 Å². The van der Waals surface area contributed by atoms with E-state index < -0.39 is 6.04 Å². The molecule has 168 valence electrons. The summed E-state index contributed by atoms with van der Waals surface area (Å²) in [7, 11) is 0. The summed E-state index contributed by atoms with van der Waals surface area (Å²) in [6.45, 7) is 9.12. The first-order chi connectivity index (χ1) is 15.1. The van der Waals surface area contributed by atoms with Gasteiger partial charge in [0.2, 0.25) is 11.1 Å². The lowest BCUT2D eigenvalue weighted by Crippen LogP contribution is -2.30. The topological polar surface area (TPSA) is 78.3 Å². The Kier molecular flexibility index (Phi) is 8.40. The highest BCUT2D eigenvalue weighted by molar-refractivity contribution is 7.99. The van der Waals surface area contributed by atoms with Crippen molar-refractivity contribution >= 4 is 23.7 Å². The van der Waals surface area contributed by atoms with Crippen molar-refractivity contribution < 1.29 is 14.3 Å².